The van der Waals surface area contributed by atoms with Gasteiger partial charge in [-0.25, -0.2) is 4.98 Å². The Balaban J connectivity index is 1.31. The lowest BCUT2D eigenvalue weighted by Crippen LogP contribution is -2.09. The lowest BCUT2D eigenvalue weighted by Gasteiger charge is -2.06. The topological polar surface area (TPSA) is 80.7 Å². The molecule has 0 aliphatic rings. The van der Waals surface area contributed by atoms with Gasteiger partial charge in [0.1, 0.15) is 10.6 Å². The van der Waals surface area contributed by atoms with Crippen LogP contribution in [0, 0.1) is 6.92 Å². The molecule has 1 aromatic heterocycles. The lowest BCUT2D eigenvalue weighted by molar-refractivity contribution is 0.486. The van der Waals surface area contributed by atoms with E-state index < -0.39 is 10.1 Å². The third kappa shape index (κ3) is 5.94. The molecule has 37 heavy (non-hydrogen) atoms. The molecule has 1 heterocycles. The van der Waals surface area contributed by atoms with Gasteiger partial charge in [0.05, 0.1) is 16.8 Å². The zero-order valence-corrected chi connectivity index (χ0v) is 21.5. The first-order chi connectivity index (χ1) is 18.0. The summed E-state index contributed by atoms with van der Waals surface area (Å²) < 4.78 is 30.0. The Morgan fingerprint density at radius 3 is 2.14 bits per heavy atom. The number of thiazole rings is 1. The number of hydrogen-bond donors (Lipinski definition) is 1. The molecule has 4 aromatic carbocycles. The van der Waals surface area contributed by atoms with Gasteiger partial charge in [0.25, 0.3) is 0 Å². The molecule has 6 nitrogen and oxygen atoms in total. The van der Waals surface area contributed by atoms with Gasteiger partial charge in [0, 0.05) is 5.56 Å². The van der Waals surface area contributed by atoms with Gasteiger partial charge in [-0.05, 0) is 54.4 Å². The molecular weight excluding hydrogens is 502 g/mol. The smallest absolute Gasteiger partial charge is 0.339 e. The average Bonchev–Trinajstić information content (AvgIpc) is 3.35. The summed E-state index contributed by atoms with van der Waals surface area (Å²) in [4.78, 5) is 5.97. The van der Waals surface area contributed by atoms with Gasteiger partial charge in [0.2, 0.25) is 5.13 Å². The highest BCUT2D eigenvalue weighted by molar-refractivity contribution is 7.87. The van der Waals surface area contributed by atoms with Gasteiger partial charge in [0.15, 0.2) is 0 Å². The standard InChI is InChI=1S/C29H23N3O3S2/c1-21-12-16-23(17-13-21)27-28(24-8-4-2-5-9-24)36-29(31-27)32-30-20-22-14-18-25(19-15-22)35-37(33,34)26-10-6-3-7-11-26/h2-20H,1H3,(H,31,32)/b30-20-. The molecule has 0 saturated heterocycles. The predicted molar refractivity (Wildman–Crippen MR) is 150 cm³/mol. The highest BCUT2D eigenvalue weighted by Gasteiger charge is 2.16. The average molecular weight is 526 g/mol. The highest BCUT2D eigenvalue weighted by Crippen LogP contribution is 2.39. The van der Waals surface area contributed by atoms with Crippen molar-refractivity contribution < 1.29 is 12.6 Å². The number of nitrogens with one attached hydrogen (secondary N) is 1. The second kappa shape index (κ2) is 10.8. The van der Waals surface area contributed by atoms with E-state index in [1.54, 1.807) is 48.7 Å². The van der Waals surface area contributed by atoms with Gasteiger partial charge < -0.3 is 4.18 Å². The summed E-state index contributed by atoms with van der Waals surface area (Å²) in [5.41, 5.74) is 8.02. The number of hydrazone groups is 1. The third-order valence-corrected chi connectivity index (χ3v) is 7.75. The SMILES string of the molecule is Cc1ccc(-c2nc(N/N=C\c3ccc(OS(=O)(=O)c4ccccc4)cc3)sc2-c2ccccc2)cc1. The van der Waals surface area contributed by atoms with Crippen LogP contribution in [0.3, 0.4) is 0 Å². The van der Waals surface area contributed by atoms with E-state index in [4.69, 9.17) is 9.17 Å². The van der Waals surface area contributed by atoms with Crippen LogP contribution in [0.2, 0.25) is 0 Å². The molecule has 0 atom stereocenters. The molecule has 0 unspecified atom stereocenters. The first kappa shape index (κ1) is 24.4. The molecule has 8 heteroatoms. The minimum Gasteiger partial charge on any atom is -0.379 e. The molecule has 0 saturated carbocycles. The van der Waals surface area contributed by atoms with E-state index in [-0.39, 0.29) is 10.6 Å². The van der Waals surface area contributed by atoms with Crippen LogP contribution in [0.25, 0.3) is 21.7 Å². The van der Waals surface area contributed by atoms with Crippen LogP contribution >= 0.6 is 11.3 Å². The van der Waals surface area contributed by atoms with Gasteiger partial charge >= 0.3 is 10.1 Å². The number of benzene rings is 4. The van der Waals surface area contributed by atoms with E-state index >= 15 is 0 Å². The number of anilines is 1. The fraction of sp³-hybridized carbons (Fsp3) is 0.0345. The van der Waals surface area contributed by atoms with Crippen LogP contribution in [-0.2, 0) is 10.1 Å². The maximum absolute atomic E-state index is 12.4. The Morgan fingerprint density at radius 2 is 1.46 bits per heavy atom. The van der Waals surface area contributed by atoms with Crippen molar-refractivity contribution >= 4 is 32.8 Å². The second-order valence-electron chi connectivity index (χ2n) is 8.22. The molecule has 0 aliphatic carbocycles. The molecule has 0 radical (unpaired) electrons. The van der Waals surface area contributed by atoms with E-state index in [0.29, 0.717) is 5.13 Å². The fourth-order valence-corrected chi connectivity index (χ4v) is 5.49. The van der Waals surface area contributed by atoms with Gasteiger partial charge in [-0.2, -0.15) is 13.5 Å². The Kier molecular flexibility index (Phi) is 7.11. The lowest BCUT2D eigenvalue weighted by atomic mass is 10.1. The maximum atomic E-state index is 12.4. The number of aryl methyl sites for hydroxylation is 1. The number of aromatic nitrogens is 1. The predicted octanol–water partition coefficient (Wildman–Crippen LogP) is 7.00. The van der Waals surface area contributed by atoms with Crippen molar-refractivity contribution in [2.45, 2.75) is 11.8 Å². The monoisotopic (exact) mass is 525 g/mol. The Bertz CT molecular complexity index is 1610. The highest BCUT2D eigenvalue weighted by atomic mass is 32.2. The number of nitrogens with zero attached hydrogens (tertiary/aromatic N) is 2. The molecule has 0 spiro atoms. The van der Waals surface area contributed by atoms with Crippen molar-refractivity contribution in [3.63, 3.8) is 0 Å². The number of rotatable bonds is 8. The largest absolute Gasteiger partial charge is 0.379 e. The van der Waals surface area contributed by atoms with Crippen LogP contribution in [0.15, 0.2) is 119 Å². The Labute approximate surface area is 220 Å². The molecule has 0 bridgehead atoms. The van der Waals surface area contributed by atoms with Crippen LogP contribution in [0.1, 0.15) is 11.1 Å². The summed E-state index contributed by atoms with van der Waals surface area (Å²) >= 11 is 1.53. The molecule has 5 aromatic rings. The molecule has 1 N–H and O–H groups in total. The maximum Gasteiger partial charge on any atom is 0.339 e. The Hall–Kier alpha value is -4.27. The zero-order chi connectivity index (χ0) is 25.7. The summed E-state index contributed by atoms with van der Waals surface area (Å²) in [6, 6.07) is 33.1. The van der Waals surface area contributed by atoms with Crippen molar-refractivity contribution in [1.82, 2.24) is 4.98 Å². The van der Waals surface area contributed by atoms with Gasteiger partial charge in [-0.3, -0.25) is 5.43 Å². The summed E-state index contributed by atoms with van der Waals surface area (Å²) in [6.45, 7) is 2.06. The Morgan fingerprint density at radius 1 is 0.811 bits per heavy atom. The first-order valence-electron chi connectivity index (χ1n) is 11.5. The van der Waals surface area contributed by atoms with Crippen LogP contribution < -0.4 is 9.61 Å². The molecule has 0 amide bonds. The minimum atomic E-state index is -3.88. The van der Waals surface area contributed by atoms with Crippen molar-refractivity contribution in [3.05, 3.63) is 120 Å². The number of hydrogen-bond acceptors (Lipinski definition) is 7. The third-order valence-electron chi connectivity index (χ3n) is 5.48. The molecule has 0 fully saturated rings. The van der Waals surface area contributed by atoms with Crippen molar-refractivity contribution in [1.29, 1.82) is 0 Å². The van der Waals surface area contributed by atoms with E-state index in [0.717, 1.165) is 27.3 Å². The van der Waals surface area contributed by atoms with Gasteiger partial charge in [-0.15, -0.1) is 0 Å². The van der Waals surface area contributed by atoms with Crippen LogP contribution in [0.4, 0.5) is 5.13 Å². The van der Waals surface area contributed by atoms with E-state index in [2.05, 4.69) is 53.8 Å². The second-order valence-corrected chi connectivity index (χ2v) is 10.8. The molecular formula is C29H23N3O3S2. The summed E-state index contributed by atoms with van der Waals surface area (Å²) in [5, 5.41) is 5.00. The van der Waals surface area contributed by atoms with E-state index in [1.807, 2.05) is 18.2 Å². The minimum absolute atomic E-state index is 0.105. The summed E-state index contributed by atoms with van der Waals surface area (Å²) in [5.74, 6) is 0.226. The van der Waals surface area contributed by atoms with Crippen molar-refractivity contribution in [2.75, 3.05) is 5.43 Å². The van der Waals surface area contributed by atoms with Gasteiger partial charge in [-0.1, -0.05) is 89.7 Å². The van der Waals surface area contributed by atoms with Crippen molar-refractivity contribution in [3.8, 4) is 27.4 Å². The molecule has 184 valence electrons. The normalized spacial score (nSPS) is 11.5. The summed E-state index contributed by atoms with van der Waals surface area (Å²) in [6.07, 6.45) is 1.64. The van der Waals surface area contributed by atoms with Crippen molar-refractivity contribution in [2.24, 2.45) is 5.10 Å². The van der Waals surface area contributed by atoms with Crippen LogP contribution in [-0.4, -0.2) is 19.6 Å². The fourth-order valence-electron chi connectivity index (χ4n) is 3.59. The quantitative estimate of drug-likeness (QED) is 0.134. The molecule has 5 rings (SSSR count). The van der Waals surface area contributed by atoms with E-state index in [1.165, 1.54) is 29.0 Å². The first-order valence-corrected chi connectivity index (χ1v) is 13.7. The van der Waals surface area contributed by atoms with E-state index in [9.17, 15) is 8.42 Å². The summed E-state index contributed by atoms with van der Waals surface area (Å²) in [7, 11) is -3.88. The molecule has 0 aliphatic heterocycles. The van der Waals surface area contributed by atoms with Crippen LogP contribution in [0.5, 0.6) is 5.75 Å². The zero-order valence-electron chi connectivity index (χ0n) is 19.9.